The zero-order valence-corrected chi connectivity index (χ0v) is 20.7. The van der Waals surface area contributed by atoms with Crippen LogP contribution >= 0.6 is 0 Å². The van der Waals surface area contributed by atoms with Crippen LogP contribution in [0.25, 0.3) is 11.1 Å². The highest BCUT2D eigenvalue weighted by atomic mass is 16.4. The predicted octanol–water partition coefficient (Wildman–Crippen LogP) is 7.75. The van der Waals surface area contributed by atoms with Gasteiger partial charge in [0.05, 0.1) is 6.42 Å². The molecule has 0 spiro atoms. The van der Waals surface area contributed by atoms with E-state index in [1.165, 1.54) is 16.7 Å². The Balaban J connectivity index is 1.79. The number of benzene rings is 4. The van der Waals surface area contributed by atoms with Gasteiger partial charge in [0.25, 0.3) is 0 Å². The smallest absolute Gasteiger partial charge is 0.305 e. The molecule has 0 bridgehead atoms. The molecule has 0 saturated carbocycles. The molecule has 0 amide bonds. The molecular weight excluding hydrogens is 430 g/mol. The van der Waals surface area contributed by atoms with Gasteiger partial charge in [0, 0.05) is 18.6 Å². The minimum atomic E-state index is -0.801. The topological polar surface area (TPSA) is 40.5 Å². The van der Waals surface area contributed by atoms with Crippen LogP contribution in [-0.4, -0.2) is 16.0 Å². The molecule has 2 atom stereocenters. The summed E-state index contributed by atoms with van der Waals surface area (Å²) in [6.07, 6.45) is 0.0281. The summed E-state index contributed by atoms with van der Waals surface area (Å²) in [6.45, 7) is 7.04. The Kier molecular flexibility index (Phi) is 7.79. The average molecular weight is 464 g/mol. The standard InChI is InChI=1S/C32H33NO2/c1-23-17-24(2)19-30(18-23)28-15-10-16-29(20-28)31(21-32(34)35)33(22-26-11-6-4-7-12-26)25(3)27-13-8-5-9-14-27/h4-20,25,31H,21-22H2,1-3H3,(H,34,35)/t25-,31+/m1/s1. The predicted molar refractivity (Wildman–Crippen MR) is 143 cm³/mol. The van der Waals surface area contributed by atoms with E-state index in [4.69, 9.17) is 0 Å². The normalized spacial score (nSPS) is 12.9. The quantitative estimate of drug-likeness (QED) is 0.276. The maximum atomic E-state index is 12.1. The van der Waals surface area contributed by atoms with Gasteiger partial charge < -0.3 is 5.11 Å². The van der Waals surface area contributed by atoms with E-state index >= 15 is 0 Å². The summed E-state index contributed by atoms with van der Waals surface area (Å²) >= 11 is 0. The molecule has 0 fully saturated rings. The molecule has 178 valence electrons. The number of hydrogen-bond acceptors (Lipinski definition) is 2. The first kappa shape index (κ1) is 24.4. The van der Waals surface area contributed by atoms with E-state index < -0.39 is 5.97 Å². The maximum Gasteiger partial charge on any atom is 0.305 e. The van der Waals surface area contributed by atoms with Crippen LogP contribution in [-0.2, 0) is 11.3 Å². The van der Waals surface area contributed by atoms with Crippen LogP contribution in [0.2, 0.25) is 0 Å². The van der Waals surface area contributed by atoms with Gasteiger partial charge in [-0.1, -0.05) is 108 Å². The fourth-order valence-corrected chi connectivity index (χ4v) is 4.89. The lowest BCUT2D eigenvalue weighted by Crippen LogP contribution is -2.32. The van der Waals surface area contributed by atoms with Crippen LogP contribution in [0.15, 0.2) is 103 Å². The maximum absolute atomic E-state index is 12.1. The number of nitrogens with zero attached hydrogens (tertiary/aromatic N) is 1. The second kappa shape index (κ2) is 11.2. The van der Waals surface area contributed by atoms with Gasteiger partial charge in [0.1, 0.15) is 0 Å². The Bertz CT molecular complexity index is 1250. The number of aryl methyl sites for hydroxylation is 2. The van der Waals surface area contributed by atoms with Crippen molar-refractivity contribution in [3.63, 3.8) is 0 Å². The molecule has 35 heavy (non-hydrogen) atoms. The Morgan fingerprint density at radius 1 is 0.743 bits per heavy atom. The van der Waals surface area contributed by atoms with E-state index in [1.54, 1.807) is 0 Å². The lowest BCUT2D eigenvalue weighted by Gasteiger charge is -2.37. The second-order valence-corrected chi connectivity index (χ2v) is 9.36. The molecule has 4 aromatic rings. The number of carbonyl (C=O) groups is 1. The third kappa shape index (κ3) is 6.26. The van der Waals surface area contributed by atoms with Crippen molar-refractivity contribution < 1.29 is 9.90 Å². The minimum Gasteiger partial charge on any atom is -0.481 e. The molecule has 0 aliphatic carbocycles. The highest BCUT2D eigenvalue weighted by Crippen LogP contribution is 2.36. The zero-order valence-electron chi connectivity index (χ0n) is 20.7. The van der Waals surface area contributed by atoms with Gasteiger partial charge in [0.15, 0.2) is 0 Å². The number of carboxylic acids is 1. The van der Waals surface area contributed by atoms with Gasteiger partial charge in [-0.05, 0) is 54.7 Å². The molecule has 3 heteroatoms. The molecule has 0 radical (unpaired) electrons. The Hall–Kier alpha value is -3.69. The summed E-state index contributed by atoms with van der Waals surface area (Å²) in [5.74, 6) is -0.801. The van der Waals surface area contributed by atoms with Crippen molar-refractivity contribution in [2.45, 2.75) is 45.8 Å². The van der Waals surface area contributed by atoms with Crippen molar-refractivity contribution in [3.8, 4) is 11.1 Å². The summed E-state index contributed by atoms with van der Waals surface area (Å²) in [6, 6.07) is 35.3. The van der Waals surface area contributed by atoms with Crippen molar-refractivity contribution in [1.29, 1.82) is 0 Å². The van der Waals surface area contributed by atoms with Crippen LogP contribution in [0.5, 0.6) is 0 Å². The van der Waals surface area contributed by atoms with E-state index in [0.29, 0.717) is 6.54 Å². The van der Waals surface area contributed by atoms with Crippen molar-refractivity contribution in [1.82, 2.24) is 4.90 Å². The Morgan fingerprint density at radius 2 is 1.34 bits per heavy atom. The van der Waals surface area contributed by atoms with E-state index in [0.717, 1.165) is 22.3 Å². The summed E-state index contributed by atoms with van der Waals surface area (Å²) in [4.78, 5) is 14.4. The molecule has 0 saturated heterocycles. The molecule has 0 aliphatic heterocycles. The summed E-state index contributed by atoms with van der Waals surface area (Å²) in [5.41, 5.74) is 8.05. The van der Waals surface area contributed by atoms with Crippen molar-refractivity contribution in [2.24, 2.45) is 0 Å². The molecule has 3 nitrogen and oxygen atoms in total. The fourth-order valence-electron chi connectivity index (χ4n) is 4.89. The summed E-state index contributed by atoms with van der Waals surface area (Å²) in [7, 11) is 0. The van der Waals surface area contributed by atoms with Gasteiger partial charge >= 0.3 is 5.97 Å². The lowest BCUT2D eigenvalue weighted by molar-refractivity contribution is -0.138. The number of hydrogen-bond donors (Lipinski definition) is 1. The summed E-state index contributed by atoms with van der Waals surface area (Å²) < 4.78 is 0. The highest BCUT2D eigenvalue weighted by Gasteiger charge is 2.28. The van der Waals surface area contributed by atoms with Gasteiger partial charge in [-0.15, -0.1) is 0 Å². The van der Waals surface area contributed by atoms with Gasteiger partial charge in [-0.3, -0.25) is 9.69 Å². The monoisotopic (exact) mass is 463 g/mol. The SMILES string of the molecule is Cc1cc(C)cc(-c2cccc([C@H](CC(=O)O)N(Cc3ccccc3)[C@H](C)c3ccccc3)c2)c1. The largest absolute Gasteiger partial charge is 0.481 e. The Morgan fingerprint density at radius 3 is 1.97 bits per heavy atom. The van der Waals surface area contributed by atoms with Crippen LogP contribution < -0.4 is 0 Å². The van der Waals surface area contributed by atoms with Gasteiger partial charge in [-0.25, -0.2) is 0 Å². The van der Waals surface area contributed by atoms with E-state index in [2.05, 4.69) is 86.3 Å². The molecule has 1 N–H and O–H groups in total. The van der Waals surface area contributed by atoms with E-state index in [-0.39, 0.29) is 18.5 Å². The third-order valence-electron chi connectivity index (χ3n) is 6.58. The molecular formula is C32H33NO2. The number of carboxylic acid groups (broad SMARTS) is 1. The van der Waals surface area contributed by atoms with E-state index in [9.17, 15) is 9.90 Å². The minimum absolute atomic E-state index is 0.0281. The van der Waals surface area contributed by atoms with Gasteiger partial charge in [0.2, 0.25) is 0 Å². The highest BCUT2D eigenvalue weighted by molar-refractivity contribution is 5.69. The van der Waals surface area contributed by atoms with Crippen molar-refractivity contribution in [3.05, 3.63) is 131 Å². The lowest BCUT2D eigenvalue weighted by atomic mass is 9.93. The molecule has 0 aromatic heterocycles. The first-order valence-corrected chi connectivity index (χ1v) is 12.2. The van der Waals surface area contributed by atoms with Crippen LogP contribution in [0, 0.1) is 13.8 Å². The van der Waals surface area contributed by atoms with Crippen LogP contribution in [0.3, 0.4) is 0 Å². The second-order valence-electron chi connectivity index (χ2n) is 9.36. The third-order valence-corrected chi connectivity index (χ3v) is 6.58. The van der Waals surface area contributed by atoms with Crippen LogP contribution in [0.4, 0.5) is 0 Å². The van der Waals surface area contributed by atoms with Crippen molar-refractivity contribution in [2.75, 3.05) is 0 Å². The number of rotatable bonds is 9. The average Bonchev–Trinajstić information content (AvgIpc) is 2.86. The number of aliphatic carboxylic acids is 1. The molecule has 4 rings (SSSR count). The van der Waals surface area contributed by atoms with Crippen LogP contribution in [0.1, 0.15) is 53.2 Å². The first-order valence-electron chi connectivity index (χ1n) is 12.2. The zero-order chi connectivity index (χ0) is 24.8. The fraction of sp³-hybridized carbons (Fsp3) is 0.219. The van der Waals surface area contributed by atoms with E-state index in [1.807, 2.05) is 42.5 Å². The van der Waals surface area contributed by atoms with Gasteiger partial charge in [-0.2, -0.15) is 0 Å². The Labute approximate surface area is 208 Å². The molecule has 0 heterocycles. The van der Waals surface area contributed by atoms with Crippen molar-refractivity contribution >= 4 is 5.97 Å². The molecule has 0 aliphatic rings. The molecule has 4 aromatic carbocycles. The first-order chi connectivity index (χ1) is 16.9. The summed E-state index contributed by atoms with van der Waals surface area (Å²) in [5, 5.41) is 9.94. The molecule has 0 unspecified atom stereocenters.